The third-order valence-corrected chi connectivity index (χ3v) is 5.50. The SMILES string of the molecule is O=C(O)C(CCCCn1cnc2c1NC=NCC2O)Cc1ccccc1Br. The van der Waals surface area contributed by atoms with Crippen molar-refractivity contribution in [1.82, 2.24) is 9.55 Å². The molecule has 0 bridgehead atoms. The maximum absolute atomic E-state index is 11.6. The first kappa shape index (κ1) is 19.6. The van der Waals surface area contributed by atoms with Crippen molar-refractivity contribution < 1.29 is 15.0 Å². The fourth-order valence-corrected chi connectivity index (χ4v) is 3.68. The van der Waals surface area contributed by atoms with Gasteiger partial charge in [0.2, 0.25) is 0 Å². The Morgan fingerprint density at radius 2 is 2.19 bits per heavy atom. The number of fused-ring (bicyclic) bond motifs is 1. The van der Waals surface area contributed by atoms with Gasteiger partial charge >= 0.3 is 5.97 Å². The van der Waals surface area contributed by atoms with E-state index in [4.69, 9.17) is 0 Å². The highest BCUT2D eigenvalue weighted by Crippen LogP contribution is 2.25. The number of hydrogen-bond donors (Lipinski definition) is 3. The third-order valence-electron chi connectivity index (χ3n) is 4.73. The van der Waals surface area contributed by atoms with Gasteiger partial charge in [-0.3, -0.25) is 9.79 Å². The number of aromatic nitrogens is 2. The molecule has 0 radical (unpaired) electrons. The van der Waals surface area contributed by atoms with Gasteiger partial charge in [-0.25, -0.2) is 4.98 Å². The summed E-state index contributed by atoms with van der Waals surface area (Å²) in [5.41, 5.74) is 1.62. The fraction of sp³-hybridized carbons (Fsp3) is 0.421. The third kappa shape index (κ3) is 4.95. The lowest BCUT2D eigenvalue weighted by atomic mass is 9.94. The minimum Gasteiger partial charge on any atom is -0.481 e. The highest BCUT2D eigenvalue weighted by atomic mass is 79.9. The van der Waals surface area contributed by atoms with Crippen molar-refractivity contribution in [1.29, 1.82) is 0 Å². The second kappa shape index (κ2) is 9.14. The van der Waals surface area contributed by atoms with Crippen LogP contribution in [0.15, 0.2) is 40.1 Å². The molecule has 1 aromatic carbocycles. The van der Waals surface area contributed by atoms with Crippen LogP contribution in [0.25, 0.3) is 0 Å². The van der Waals surface area contributed by atoms with Crippen LogP contribution in [0.1, 0.15) is 36.6 Å². The van der Waals surface area contributed by atoms with Gasteiger partial charge in [0.25, 0.3) is 0 Å². The van der Waals surface area contributed by atoms with E-state index in [2.05, 4.69) is 31.2 Å². The largest absolute Gasteiger partial charge is 0.481 e. The van der Waals surface area contributed by atoms with Crippen LogP contribution in [0.5, 0.6) is 0 Å². The Hall–Kier alpha value is -2.19. The summed E-state index contributed by atoms with van der Waals surface area (Å²) in [6.07, 6.45) is 5.34. The lowest BCUT2D eigenvalue weighted by Gasteiger charge is -2.14. The topological polar surface area (TPSA) is 99.7 Å². The molecule has 2 unspecified atom stereocenters. The molecule has 3 rings (SSSR count). The molecule has 8 heteroatoms. The van der Waals surface area contributed by atoms with Crippen LogP contribution in [-0.4, -0.2) is 38.6 Å². The second-order valence-electron chi connectivity index (χ2n) is 6.65. The van der Waals surface area contributed by atoms with Gasteiger partial charge in [-0.15, -0.1) is 0 Å². The molecule has 0 saturated heterocycles. The zero-order valence-corrected chi connectivity index (χ0v) is 16.5. The molecule has 0 amide bonds. The summed E-state index contributed by atoms with van der Waals surface area (Å²) in [4.78, 5) is 20.0. The molecule has 7 nitrogen and oxygen atoms in total. The van der Waals surface area contributed by atoms with Crippen molar-refractivity contribution in [2.75, 3.05) is 11.9 Å². The number of carbonyl (C=O) groups is 1. The lowest BCUT2D eigenvalue weighted by molar-refractivity contribution is -0.142. The van der Waals surface area contributed by atoms with Crippen LogP contribution in [0.2, 0.25) is 0 Å². The van der Waals surface area contributed by atoms with Gasteiger partial charge in [0.15, 0.2) is 0 Å². The smallest absolute Gasteiger partial charge is 0.306 e. The van der Waals surface area contributed by atoms with Crippen molar-refractivity contribution >= 4 is 34.1 Å². The van der Waals surface area contributed by atoms with E-state index in [1.54, 1.807) is 12.7 Å². The molecule has 1 aromatic heterocycles. The number of aliphatic hydroxyl groups excluding tert-OH is 1. The van der Waals surface area contributed by atoms with Crippen LogP contribution < -0.4 is 5.32 Å². The second-order valence-corrected chi connectivity index (χ2v) is 7.51. The fourth-order valence-electron chi connectivity index (χ4n) is 3.23. The van der Waals surface area contributed by atoms with E-state index in [9.17, 15) is 15.0 Å². The number of rotatable bonds is 8. The van der Waals surface area contributed by atoms with Crippen molar-refractivity contribution in [2.24, 2.45) is 10.9 Å². The van der Waals surface area contributed by atoms with Crippen LogP contribution >= 0.6 is 15.9 Å². The number of aliphatic hydroxyl groups is 1. The number of carboxylic acid groups (broad SMARTS) is 1. The van der Waals surface area contributed by atoms with E-state index in [1.165, 1.54) is 0 Å². The zero-order valence-electron chi connectivity index (χ0n) is 14.9. The van der Waals surface area contributed by atoms with E-state index in [0.717, 1.165) is 28.7 Å². The first-order valence-electron chi connectivity index (χ1n) is 9.00. The maximum atomic E-state index is 11.6. The number of aryl methyl sites for hydroxylation is 1. The summed E-state index contributed by atoms with van der Waals surface area (Å²) in [6, 6.07) is 7.74. The minimum atomic E-state index is -0.761. The zero-order chi connectivity index (χ0) is 19.2. The molecule has 2 atom stereocenters. The first-order chi connectivity index (χ1) is 13.1. The number of nitrogens with zero attached hydrogens (tertiary/aromatic N) is 3. The number of benzene rings is 1. The molecule has 3 N–H and O–H groups in total. The Morgan fingerprint density at radius 1 is 1.37 bits per heavy atom. The Kier molecular flexibility index (Phi) is 6.63. The van der Waals surface area contributed by atoms with E-state index < -0.39 is 18.0 Å². The number of imidazole rings is 1. The number of nitrogens with one attached hydrogen (secondary N) is 1. The average Bonchev–Trinajstić information content (AvgIpc) is 2.96. The van der Waals surface area contributed by atoms with Gasteiger partial charge < -0.3 is 20.1 Å². The van der Waals surface area contributed by atoms with Crippen LogP contribution in [-0.2, 0) is 17.8 Å². The van der Waals surface area contributed by atoms with Crippen LogP contribution in [0, 0.1) is 5.92 Å². The Balaban J connectivity index is 1.54. The standard InChI is InChI=1S/C19H23BrN4O3/c20-15-7-2-1-5-13(15)9-14(19(26)27)6-3-4-8-24-12-23-17-16(25)10-21-11-22-18(17)24/h1-2,5,7,11-12,14,16,25H,3-4,6,8-10H2,(H,21,22)(H,26,27). The molecule has 0 fully saturated rings. The van der Waals surface area contributed by atoms with Crippen molar-refractivity contribution in [3.8, 4) is 0 Å². The van der Waals surface area contributed by atoms with Crippen molar-refractivity contribution in [3.05, 3.63) is 46.3 Å². The van der Waals surface area contributed by atoms with Gasteiger partial charge in [0, 0.05) is 11.0 Å². The molecular weight excluding hydrogens is 412 g/mol. The van der Waals surface area contributed by atoms with Gasteiger partial charge in [-0.1, -0.05) is 40.5 Å². The molecule has 1 aliphatic heterocycles. The Bertz CT molecular complexity index is 821. The lowest BCUT2D eigenvalue weighted by Crippen LogP contribution is -2.17. The first-order valence-corrected chi connectivity index (χ1v) is 9.79. The van der Waals surface area contributed by atoms with Crippen LogP contribution in [0.4, 0.5) is 5.82 Å². The van der Waals surface area contributed by atoms with Gasteiger partial charge in [0.1, 0.15) is 17.6 Å². The van der Waals surface area contributed by atoms with E-state index in [1.807, 2.05) is 28.8 Å². The number of unbranched alkanes of at least 4 members (excludes halogenated alkanes) is 1. The normalized spacial score (nSPS) is 17.0. The summed E-state index contributed by atoms with van der Waals surface area (Å²) in [7, 11) is 0. The van der Waals surface area contributed by atoms with Crippen LogP contribution in [0.3, 0.4) is 0 Å². The number of hydrogen-bond acceptors (Lipinski definition) is 5. The molecule has 2 heterocycles. The maximum Gasteiger partial charge on any atom is 0.306 e. The number of aliphatic carboxylic acids is 1. The number of anilines is 1. The summed E-state index contributed by atoms with van der Waals surface area (Å²) >= 11 is 3.49. The van der Waals surface area contributed by atoms with Gasteiger partial charge in [0.05, 0.1) is 25.1 Å². The molecule has 0 aliphatic carbocycles. The van der Waals surface area contributed by atoms with Gasteiger partial charge in [-0.2, -0.15) is 0 Å². The molecule has 1 aliphatic rings. The summed E-state index contributed by atoms with van der Waals surface area (Å²) < 4.78 is 2.89. The molecule has 27 heavy (non-hydrogen) atoms. The van der Waals surface area contributed by atoms with E-state index in [-0.39, 0.29) is 0 Å². The number of aliphatic imine (C=N–C) groups is 1. The van der Waals surface area contributed by atoms with E-state index in [0.29, 0.717) is 31.6 Å². The molecular formula is C19H23BrN4O3. The summed E-state index contributed by atoms with van der Waals surface area (Å²) in [5, 5.41) is 22.6. The monoisotopic (exact) mass is 434 g/mol. The predicted octanol–water partition coefficient (Wildman–Crippen LogP) is 3.25. The Labute approximate surface area is 166 Å². The van der Waals surface area contributed by atoms with Crippen molar-refractivity contribution in [3.63, 3.8) is 0 Å². The molecule has 0 spiro atoms. The van der Waals surface area contributed by atoms with Crippen molar-refractivity contribution in [2.45, 2.75) is 38.3 Å². The molecule has 2 aromatic rings. The summed E-state index contributed by atoms with van der Waals surface area (Å²) in [5.74, 6) is -0.411. The quantitative estimate of drug-likeness (QED) is 0.553. The van der Waals surface area contributed by atoms with Gasteiger partial charge in [-0.05, 0) is 30.9 Å². The predicted molar refractivity (Wildman–Crippen MR) is 107 cm³/mol. The van der Waals surface area contributed by atoms with E-state index >= 15 is 0 Å². The number of halogens is 1. The number of carboxylic acids is 1. The minimum absolute atomic E-state index is 0.298. The average molecular weight is 435 g/mol. The molecule has 0 saturated carbocycles. The highest BCUT2D eigenvalue weighted by molar-refractivity contribution is 9.10. The molecule has 144 valence electrons. The highest BCUT2D eigenvalue weighted by Gasteiger charge is 2.21. The summed E-state index contributed by atoms with van der Waals surface area (Å²) in [6.45, 7) is 1.00. The Morgan fingerprint density at radius 3 is 2.96 bits per heavy atom.